The van der Waals surface area contributed by atoms with Gasteiger partial charge in [0.1, 0.15) is 21.6 Å². The molecule has 0 spiro atoms. The Balaban J connectivity index is 0.000000198. The Morgan fingerprint density at radius 2 is 0.838 bits per heavy atom. The number of nitrogen functional groups attached to an aromatic ring is 1. The quantitative estimate of drug-likeness (QED) is 0.0490. The molecule has 12 aromatic rings. The van der Waals surface area contributed by atoms with Crippen molar-refractivity contribution < 1.29 is 45.5 Å². The van der Waals surface area contributed by atoms with Crippen LogP contribution in [0.1, 0.15) is 62.3 Å². The summed E-state index contributed by atoms with van der Waals surface area (Å²) in [7, 11) is 0. The molecule has 0 aliphatic carbocycles. The molecule has 0 aliphatic rings. The van der Waals surface area contributed by atoms with E-state index in [1.807, 2.05) is 84.9 Å². The fourth-order valence-electron chi connectivity index (χ4n) is 9.82. The van der Waals surface area contributed by atoms with Crippen molar-refractivity contribution in [2.45, 2.75) is 52.7 Å². The molecule has 4 heterocycles. The van der Waals surface area contributed by atoms with E-state index >= 15 is 0 Å². The molecular formula is C74H65BrCl2N10O10S2. The van der Waals surface area contributed by atoms with Gasteiger partial charge >= 0.3 is 35.3 Å². The zero-order chi connectivity index (χ0) is 71.2. The standard InChI is InChI=1S/C37H32ClN5O3.C19H12BrClN2.C18H21N3O3.2O2S/c1-37(2,3)46-36(45)42-25-18-16-24(17-19-25)35(44)41-27-11-9-10-26(20-27)40-34-21-30(32(38)22-39-34)31-23-43(28-12-5-4-6-13-28)33-15-8-7-14-29(31)33;20-19-10-15(17(21)11-22-19)16-12-23(13-6-2-1-3-7-13)18-9-5-4-8-14(16)18;1-18(2,3)24-17(23)21-14-9-7-12(8-10-14)16(22)20-15-6-4-5-13(19)11-15;2*1-3-2/h4-23H,1-3H3,(H,39,40)(H,41,44)(H,42,45);1-12H;4-11H,19H2,1-3H3,(H,20,22)(H,21,23);;. The summed E-state index contributed by atoms with van der Waals surface area (Å²) >= 11 is 15.0. The van der Waals surface area contributed by atoms with Gasteiger partial charge in [0, 0.05) is 114 Å². The Morgan fingerprint density at radius 3 is 1.28 bits per heavy atom. The van der Waals surface area contributed by atoms with Gasteiger partial charge in [-0.3, -0.25) is 20.2 Å². The topological polar surface area (TPSA) is 277 Å². The van der Waals surface area contributed by atoms with Gasteiger partial charge in [-0.2, -0.15) is 16.8 Å². The van der Waals surface area contributed by atoms with Crippen LogP contribution >= 0.6 is 39.1 Å². The zero-order valence-corrected chi connectivity index (χ0v) is 58.7. The van der Waals surface area contributed by atoms with Crippen molar-refractivity contribution in [3.63, 3.8) is 0 Å². The number of ether oxygens (including phenoxy) is 2. The van der Waals surface area contributed by atoms with Gasteiger partial charge in [0.15, 0.2) is 0 Å². The first-order chi connectivity index (χ1) is 47.4. The summed E-state index contributed by atoms with van der Waals surface area (Å²) in [5.74, 6) is 0.0552. The first-order valence-corrected chi connectivity index (χ1v) is 33.0. The Hall–Kier alpha value is -11.1. The number of nitrogens with zero attached hydrogens (tertiary/aromatic N) is 4. The fourth-order valence-corrected chi connectivity index (χ4v) is 10.6. The number of carbonyl (C=O) groups excluding carboxylic acids is 4. The smallest absolute Gasteiger partial charge is 0.412 e. The predicted octanol–water partition coefficient (Wildman–Crippen LogP) is 18.3. The van der Waals surface area contributed by atoms with Crippen molar-refractivity contribution in [3.05, 3.63) is 269 Å². The van der Waals surface area contributed by atoms with E-state index in [1.165, 1.54) is 0 Å². The molecule has 0 aliphatic heterocycles. The summed E-state index contributed by atoms with van der Waals surface area (Å²) in [6.07, 6.45) is 6.44. The van der Waals surface area contributed by atoms with Crippen LogP contribution in [0.3, 0.4) is 0 Å². The number of amides is 4. The zero-order valence-electron chi connectivity index (χ0n) is 54.0. The Bertz CT molecular complexity index is 4880. The number of fused-ring (bicyclic) bond motifs is 2. The fraction of sp³-hybridized carbons (Fsp3) is 0.108. The summed E-state index contributed by atoms with van der Waals surface area (Å²) in [5.41, 5.74) is 17.3. The Kier molecular flexibility index (Phi) is 25.9. The average Bonchev–Trinajstić information content (AvgIpc) is 1.47. The molecule has 7 N–H and O–H groups in total. The second-order valence-electron chi connectivity index (χ2n) is 23.4. The van der Waals surface area contributed by atoms with E-state index in [1.54, 1.807) is 133 Å². The van der Waals surface area contributed by atoms with E-state index < -0.39 is 46.5 Å². The monoisotopic (exact) mass is 1470 g/mol. The summed E-state index contributed by atoms with van der Waals surface area (Å²) in [5, 5.41) is 17.7. The van der Waals surface area contributed by atoms with Gasteiger partial charge in [-0.1, -0.05) is 108 Å². The van der Waals surface area contributed by atoms with Crippen LogP contribution in [0.4, 0.5) is 49.5 Å². The lowest BCUT2D eigenvalue weighted by Gasteiger charge is -2.19. The van der Waals surface area contributed by atoms with Gasteiger partial charge in [0.25, 0.3) is 11.8 Å². The number of carbonyl (C=O) groups is 4. The molecule has 99 heavy (non-hydrogen) atoms. The lowest BCUT2D eigenvalue weighted by Crippen LogP contribution is -2.27. The first kappa shape index (κ1) is 73.7. The largest absolute Gasteiger partial charge is 0.444 e. The van der Waals surface area contributed by atoms with Crippen molar-refractivity contribution >= 4 is 148 Å². The normalized spacial score (nSPS) is 10.6. The molecule has 4 amide bonds. The second kappa shape index (κ2) is 34.7. The highest BCUT2D eigenvalue weighted by molar-refractivity contribution is 9.10. The van der Waals surface area contributed by atoms with Crippen molar-refractivity contribution in [1.82, 2.24) is 19.1 Å². The number of nitrogens with one attached hydrogen (secondary N) is 5. The number of aromatic nitrogens is 4. The lowest BCUT2D eigenvalue weighted by atomic mass is 10.1. The number of rotatable bonds is 12. The molecule has 4 aromatic heterocycles. The van der Waals surface area contributed by atoms with Gasteiger partial charge < -0.3 is 40.3 Å². The van der Waals surface area contributed by atoms with Crippen LogP contribution < -0.4 is 32.3 Å². The lowest BCUT2D eigenvalue weighted by molar-refractivity contribution is 0.0624. The third kappa shape index (κ3) is 21.5. The molecule has 25 heteroatoms. The summed E-state index contributed by atoms with van der Waals surface area (Å²) in [4.78, 5) is 57.6. The SMILES string of the molecule is CC(C)(C)OC(=O)Nc1ccc(C(=O)Nc2cccc(N)c2)cc1.CC(C)(C)OC(=O)Nc1ccc(C(=O)Nc2cccc(Nc3cc(-c4cn(-c5ccccc5)c5ccccc45)c(Cl)cn3)c2)cc1.Clc1cnc(Br)cc1-c1cn(-c2ccccc2)c2ccccc12.O=S=O.O=S=O. The number of halogens is 3. The van der Waals surface area contributed by atoms with Crippen LogP contribution in [-0.2, 0) is 32.6 Å². The minimum atomic E-state index is -0.750. The van der Waals surface area contributed by atoms with Gasteiger partial charge in [-0.25, -0.2) is 19.6 Å². The number of hydrogen-bond donors (Lipinski definition) is 6. The van der Waals surface area contributed by atoms with Gasteiger partial charge in [-0.05, 0) is 191 Å². The van der Waals surface area contributed by atoms with E-state index in [4.69, 9.17) is 55.2 Å². The minimum absolute atomic E-state index is 0.260. The second-order valence-corrected chi connectivity index (χ2v) is 25.3. The maximum absolute atomic E-state index is 13.0. The molecule has 0 saturated heterocycles. The van der Waals surface area contributed by atoms with Crippen LogP contribution in [0, 0.1) is 0 Å². The number of para-hydroxylation sites is 4. The highest BCUT2D eigenvalue weighted by Gasteiger charge is 2.20. The Labute approximate surface area is 596 Å². The molecule has 0 saturated carbocycles. The van der Waals surface area contributed by atoms with Crippen molar-refractivity contribution in [2.24, 2.45) is 0 Å². The molecule has 12 rings (SSSR count). The molecule has 0 atom stereocenters. The van der Waals surface area contributed by atoms with Crippen molar-refractivity contribution in [3.8, 4) is 33.6 Å². The summed E-state index contributed by atoms with van der Waals surface area (Å²) in [6, 6.07) is 68.3. The third-order valence-corrected chi connectivity index (χ3v) is 14.9. The molecule has 8 aromatic carbocycles. The van der Waals surface area contributed by atoms with E-state index in [-0.39, 0.29) is 11.8 Å². The van der Waals surface area contributed by atoms with E-state index in [9.17, 15) is 19.2 Å². The van der Waals surface area contributed by atoms with Crippen LogP contribution in [0.25, 0.3) is 55.4 Å². The van der Waals surface area contributed by atoms with Crippen molar-refractivity contribution in [1.29, 1.82) is 0 Å². The van der Waals surface area contributed by atoms with Crippen LogP contribution in [-0.4, -0.2) is 71.1 Å². The number of pyridine rings is 2. The first-order valence-electron chi connectivity index (χ1n) is 30.1. The molecule has 0 fully saturated rings. The van der Waals surface area contributed by atoms with Crippen LogP contribution in [0.5, 0.6) is 0 Å². The van der Waals surface area contributed by atoms with Gasteiger partial charge in [0.05, 0.1) is 21.1 Å². The highest BCUT2D eigenvalue weighted by atomic mass is 79.9. The van der Waals surface area contributed by atoms with Gasteiger partial charge in [-0.15, -0.1) is 0 Å². The molecular weight excluding hydrogens is 1400 g/mol. The number of benzene rings is 8. The molecule has 504 valence electrons. The van der Waals surface area contributed by atoms with Crippen LogP contribution in [0.2, 0.25) is 10.0 Å². The molecule has 20 nitrogen and oxygen atoms in total. The maximum atomic E-state index is 13.0. The number of anilines is 7. The maximum Gasteiger partial charge on any atom is 0.412 e. The third-order valence-electron chi connectivity index (χ3n) is 13.9. The predicted molar refractivity (Wildman–Crippen MR) is 398 cm³/mol. The van der Waals surface area contributed by atoms with Gasteiger partial charge in [0.2, 0.25) is 0 Å². The molecule has 0 unspecified atom stereocenters. The number of nitrogens with two attached hydrogens (primary N) is 1. The summed E-state index contributed by atoms with van der Waals surface area (Å²) in [6.45, 7) is 10.7. The highest BCUT2D eigenvalue weighted by Crippen LogP contribution is 2.39. The summed E-state index contributed by atoms with van der Waals surface area (Å²) < 4.78 is 48.7. The molecule has 0 radical (unpaired) electrons. The average molecular weight is 1470 g/mol. The molecule has 0 bridgehead atoms. The number of hydrogen-bond acceptors (Lipinski definition) is 14. The van der Waals surface area contributed by atoms with Crippen LogP contribution in [0.15, 0.2) is 248 Å². The van der Waals surface area contributed by atoms with E-state index in [0.29, 0.717) is 55.4 Å². The van der Waals surface area contributed by atoms with E-state index in [0.717, 1.165) is 65.7 Å². The Morgan fingerprint density at radius 1 is 0.444 bits per heavy atom. The van der Waals surface area contributed by atoms with Crippen molar-refractivity contribution in [2.75, 3.05) is 32.3 Å². The van der Waals surface area contributed by atoms with E-state index in [2.05, 4.69) is 129 Å². The minimum Gasteiger partial charge on any atom is -0.444 e.